The zero-order valence-electron chi connectivity index (χ0n) is 11.3. The van der Waals surface area contributed by atoms with E-state index in [-0.39, 0.29) is 5.95 Å². The Morgan fingerprint density at radius 1 is 1.37 bits per heavy atom. The lowest BCUT2D eigenvalue weighted by atomic mass is 10.1. The first-order valence-electron chi connectivity index (χ1n) is 6.07. The summed E-state index contributed by atoms with van der Waals surface area (Å²) in [5.41, 5.74) is 0. The molecule has 0 saturated carbocycles. The SMILES string of the molecule is CCCC[C@H](Nc1nc(OC)cc(OC)n1)C(=O)O. The molecule has 2 N–H and O–H groups in total. The monoisotopic (exact) mass is 269 g/mol. The molecule has 0 bridgehead atoms. The summed E-state index contributed by atoms with van der Waals surface area (Å²) in [5.74, 6) is -0.124. The van der Waals surface area contributed by atoms with Crippen LogP contribution in [0.15, 0.2) is 6.07 Å². The van der Waals surface area contributed by atoms with Crippen molar-refractivity contribution in [1.82, 2.24) is 9.97 Å². The average molecular weight is 269 g/mol. The highest BCUT2D eigenvalue weighted by Crippen LogP contribution is 2.18. The fourth-order valence-corrected chi connectivity index (χ4v) is 1.50. The molecular formula is C12H19N3O4. The van der Waals surface area contributed by atoms with Crippen molar-refractivity contribution >= 4 is 11.9 Å². The maximum absolute atomic E-state index is 11.1. The van der Waals surface area contributed by atoms with E-state index < -0.39 is 12.0 Å². The summed E-state index contributed by atoms with van der Waals surface area (Å²) in [7, 11) is 2.94. The van der Waals surface area contributed by atoms with Crippen LogP contribution < -0.4 is 14.8 Å². The lowest BCUT2D eigenvalue weighted by Gasteiger charge is -2.14. The number of aromatic nitrogens is 2. The fourth-order valence-electron chi connectivity index (χ4n) is 1.50. The normalized spacial score (nSPS) is 11.7. The molecule has 0 aliphatic rings. The Morgan fingerprint density at radius 2 is 1.95 bits per heavy atom. The van der Waals surface area contributed by atoms with Crippen LogP contribution in [0, 0.1) is 0 Å². The van der Waals surface area contributed by atoms with Gasteiger partial charge >= 0.3 is 5.97 Å². The van der Waals surface area contributed by atoms with E-state index in [1.54, 1.807) is 0 Å². The third kappa shape index (κ3) is 4.61. The maximum Gasteiger partial charge on any atom is 0.326 e. The Balaban J connectivity index is 2.85. The third-order valence-corrected chi connectivity index (χ3v) is 2.55. The maximum atomic E-state index is 11.1. The van der Waals surface area contributed by atoms with Crippen molar-refractivity contribution in [3.8, 4) is 11.8 Å². The Morgan fingerprint density at radius 3 is 2.37 bits per heavy atom. The Bertz CT molecular complexity index is 403. The molecule has 0 amide bonds. The van der Waals surface area contributed by atoms with Crippen molar-refractivity contribution in [2.45, 2.75) is 32.2 Å². The molecule has 0 unspecified atom stereocenters. The largest absolute Gasteiger partial charge is 0.481 e. The van der Waals surface area contributed by atoms with Gasteiger partial charge in [0.05, 0.1) is 20.3 Å². The number of unbranched alkanes of at least 4 members (excludes halogenated alkanes) is 1. The molecule has 19 heavy (non-hydrogen) atoms. The van der Waals surface area contributed by atoms with Gasteiger partial charge in [0.2, 0.25) is 17.7 Å². The predicted octanol–water partition coefficient (Wildman–Crippen LogP) is 1.55. The molecule has 1 heterocycles. The minimum Gasteiger partial charge on any atom is -0.481 e. The van der Waals surface area contributed by atoms with Crippen LogP contribution in [-0.2, 0) is 4.79 Å². The molecule has 0 fully saturated rings. The van der Waals surface area contributed by atoms with Crippen molar-refractivity contribution in [1.29, 1.82) is 0 Å². The number of carbonyl (C=O) groups is 1. The van der Waals surface area contributed by atoms with Crippen LogP contribution in [-0.4, -0.2) is 41.3 Å². The highest BCUT2D eigenvalue weighted by molar-refractivity contribution is 5.76. The predicted molar refractivity (Wildman–Crippen MR) is 69.7 cm³/mol. The van der Waals surface area contributed by atoms with E-state index in [1.807, 2.05) is 6.92 Å². The summed E-state index contributed by atoms with van der Waals surface area (Å²) >= 11 is 0. The summed E-state index contributed by atoms with van der Waals surface area (Å²) in [6.07, 6.45) is 2.24. The summed E-state index contributed by atoms with van der Waals surface area (Å²) in [6.45, 7) is 2.00. The quantitative estimate of drug-likeness (QED) is 0.739. The van der Waals surface area contributed by atoms with Crippen LogP contribution in [0.3, 0.4) is 0 Å². The first-order chi connectivity index (χ1) is 9.10. The highest BCUT2D eigenvalue weighted by Gasteiger charge is 2.18. The number of hydrogen-bond donors (Lipinski definition) is 2. The van der Waals surface area contributed by atoms with E-state index in [0.29, 0.717) is 18.2 Å². The van der Waals surface area contributed by atoms with Crippen LogP contribution in [0.25, 0.3) is 0 Å². The van der Waals surface area contributed by atoms with Gasteiger partial charge in [-0.25, -0.2) is 4.79 Å². The standard InChI is InChI=1S/C12H19N3O4/c1-4-5-6-8(11(16)17)13-12-14-9(18-2)7-10(15-12)19-3/h7-8H,4-6H2,1-3H3,(H,16,17)(H,13,14,15)/t8-/m0/s1. The molecule has 106 valence electrons. The van der Waals surface area contributed by atoms with Gasteiger partial charge in [0.1, 0.15) is 6.04 Å². The van der Waals surface area contributed by atoms with E-state index in [0.717, 1.165) is 12.8 Å². The van der Waals surface area contributed by atoms with Crippen LogP contribution >= 0.6 is 0 Å². The number of methoxy groups -OCH3 is 2. The van der Waals surface area contributed by atoms with E-state index in [1.165, 1.54) is 20.3 Å². The number of anilines is 1. The second-order valence-corrected chi connectivity index (χ2v) is 3.95. The molecule has 7 heteroatoms. The van der Waals surface area contributed by atoms with Crippen molar-refractivity contribution in [2.75, 3.05) is 19.5 Å². The Hall–Kier alpha value is -2.05. The molecule has 1 aromatic rings. The van der Waals surface area contributed by atoms with Gasteiger partial charge in [-0.05, 0) is 6.42 Å². The van der Waals surface area contributed by atoms with Gasteiger partial charge in [-0.3, -0.25) is 0 Å². The minimum absolute atomic E-state index is 0.180. The molecule has 0 aliphatic heterocycles. The van der Waals surface area contributed by atoms with E-state index in [9.17, 15) is 4.79 Å². The molecule has 1 atom stereocenters. The number of ether oxygens (including phenoxy) is 2. The number of nitrogens with zero attached hydrogens (tertiary/aromatic N) is 2. The summed E-state index contributed by atoms with van der Waals surface area (Å²) in [6, 6.07) is 0.796. The van der Waals surface area contributed by atoms with Gasteiger partial charge < -0.3 is 19.9 Å². The van der Waals surface area contributed by atoms with Crippen LogP contribution in [0.5, 0.6) is 11.8 Å². The lowest BCUT2D eigenvalue weighted by Crippen LogP contribution is -2.30. The second-order valence-electron chi connectivity index (χ2n) is 3.95. The first kappa shape index (κ1) is 15.0. The van der Waals surface area contributed by atoms with Gasteiger partial charge in [0.25, 0.3) is 0 Å². The summed E-state index contributed by atoms with van der Waals surface area (Å²) in [4.78, 5) is 19.2. The van der Waals surface area contributed by atoms with Crippen molar-refractivity contribution in [2.24, 2.45) is 0 Å². The van der Waals surface area contributed by atoms with Crippen molar-refractivity contribution in [3.05, 3.63) is 6.07 Å². The number of carboxylic acid groups (broad SMARTS) is 1. The van der Waals surface area contributed by atoms with E-state index in [4.69, 9.17) is 14.6 Å². The van der Waals surface area contributed by atoms with E-state index >= 15 is 0 Å². The molecule has 0 aromatic carbocycles. The number of nitrogens with one attached hydrogen (secondary N) is 1. The van der Waals surface area contributed by atoms with Crippen LogP contribution in [0.2, 0.25) is 0 Å². The second kappa shape index (κ2) is 7.40. The molecule has 0 saturated heterocycles. The van der Waals surface area contributed by atoms with Gasteiger partial charge in [-0.15, -0.1) is 0 Å². The summed E-state index contributed by atoms with van der Waals surface area (Å²) in [5, 5.41) is 11.9. The lowest BCUT2D eigenvalue weighted by molar-refractivity contribution is -0.138. The smallest absolute Gasteiger partial charge is 0.326 e. The molecule has 7 nitrogen and oxygen atoms in total. The van der Waals surface area contributed by atoms with E-state index in [2.05, 4.69) is 15.3 Å². The molecule has 0 aliphatic carbocycles. The Labute approximate surface area is 112 Å². The number of rotatable bonds is 8. The number of aliphatic carboxylic acids is 1. The minimum atomic E-state index is -0.932. The zero-order chi connectivity index (χ0) is 14.3. The average Bonchev–Trinajstić information content (AvgIpc) is 2.42. The Kier molecular flexibility index (Phi) is 5.84. The highest BCUT2D eigenvalue weighted by atomic mass is 16.5. The zero-order valence-corrected chi connectivity index (χ0v) is 11.3. The fraction of sp³-hybridized carbons (Fsp3) is 0.583. The van der Waals surface area contributed by atoms with Crippen LogP contribution in [0.1, 0.15) is 26.2 Å². The van der Waals surface area contributed by atoms with Gasteiger partial charge in [-0.2, -0.15) is 9.97 Å². The first-order valence-corrected chi connectivity index (χ1v) is 6.07. The van der Waals surface area contributed by atoms with Crippen LogP contribution in [0.4, 0.5) is 5.95 Å². The van der Waals surface area contributed by atoms with Crippen molar-refractivity contribution < 1.29 is 19.4 Å². The third-order valence-electron chi connectivity index (χ3n) is 2.55. The number of hydrogen-bond acceptors (Lipinski definition) is 6. The topological polar surface area (TPSA) is 93.6 Å². The molecule has 0 spiro atoms. The molecular weight excluding hydrogens is 250 g/mol. The van der Waals surface area contributed by atoms with Gasteiger partial charge in [0.15, 0.2) is 0 Å². The van der Waals surface area contributed by atoms with Gasteiger partial charge in [0, 0.05) is 0 Å². The number of carboxylic acids is 1. The summed E-state index contributed by atoms with van der Waals surface area (Å²) < 4.78 is 10.0. The van der Waals surface area contributed by atoms with Crippen molar-refractivity contribution in [3.63, 3.8) is 0 Å². The molecule has 1 aromatic heterocycles. The molecule has 1 rings (SSSR count). The molecule has 0 radical (unpaired) electrons. The van der Waals surface area contributed by atoms with Gasteiger partial charge in [-0.1, -0.05) is 19.8 Å².